The van der Waals surface area contributed by atoms with Crippen molar-refractivity contribution in [1.29, 1.82) is 0 Å². The number of rotatable bonds is 7. The van der Waals surface area contributed by atoms with E-state index in [0.29, 0.717) is 28.6 Å². The van der Waals surface area contributed by atoms with Crippen LogP contribution in [0.15, 0.2) is 42.7 Å². The fourth-order valence-electron chi connectivity index (χ4n) is 3.47. The smallest absolute Gasteiger partial charge is 0.255 e. The second kappa shape index (κ2) is 9.86. The Morgan fingerprint density at radius 2 is 2.03 bits per heavy atom. The molecule has 9 nitrogen and oxygen atoms in total. The van der Waals surface area contributed by atoms with Crippen molar-refractivity contribution in [2.45, 2.75) is 13.1 Å². The molecule has 3 aromatic rings. The van der Waals surface area contributed by atoms with Gasteiger partial charge in [-0.25, -0.2) is 0 Å². The summed E-state index contributed by atoms with van der Waals surface area (Å²) in [4.78, 5) is 15.2. The summed E-state index contributed by atoms with van der Waals surface area (Å²) in [5.41, 5.74) is 3.10. The maximum atomic E-state index is 12.8. The summed E-state index contributed by atoms with van der Waals surface area (Å²) in [6.07, 6.45) is 1.42. The molecule has 0 unspecified atom stereocenters. The lowest BCUT2D eigenvalue weighted by Gasteiger charge is -2.26. The van der Waals surface area contributed by atoms with Gasteiger partial charge in [-0.3, -0.25) is 9.69 Å². The number of morpholine rings is 1. The van der Waals surface area contributed by atoms with E-state index >= 15 is 0 Å². The molecule has 0 radical (unpaired) electrons. The van der Waals surface area contributed by atoms with Gasteiger partial charge in [0.2, 0.25) is 0 Å². The van der Waals surface area contributed by atoms with Crippen LogP contribution in [0.25, 0.3) is 5.69 Å². The van der Waals surface area contributed by atoms with Gasteiger partial charge in [-0.2, -0.15) is 4.68 Å². The van der Waals surface area contributed by atoms with Crippen LogP contribution in [0.4, 0.5) is 0 Å². The number of benzene rings is 2. The van der Waals surface area contributed by atoms with Crippen molar-refractivity contribution in [3.63, 3.8) is 0 Å². The number of carbonyl (C=O) groups is 1. The van der Waals surface area contributed by atoms with Crippen molar-refractivity contribution >= 4 is 17.5 Å². The number of tetrazole rings is 1. The molecule has 2 aromatic carbocycles. The lowest BCUT2D eigenvalue weighted by molar-refractivity contribution is 0.0342. The number of hydrogen-bond donors (Lipinski definition) is 1. The standard InChI is InChI=1S/C21H23ClN6O3/c1-30-20-11-19(28-14-24-25-26-28)18(22)10-17(20)21(29)23-12-15-3-2-4-16(9-15)13-27-5-7-31-8-6-27/h2-4,9-11,14H,5-8,12-13H2,1H3,(H,23,29). The highest BCUT2D eigenvalue weighted by Crippen LogP contribution is 2.29. The summed E-state index contributed by atoms with van der Waals surface area (Å²) < 4.78 is 12.2. The summed E-state index contributed by atoms with van der Waals surface area (Å²) >= 11 is 6.36. The monoisotopic (exact) mass is 442 g/mol. The lowest BCUT2D eigenvalue weighted by atomic mass is 10.1. The van der Waals surface area contributed by atoms with E-state index in [0.717, 1.165) is 38.4 Å². The number of hydrogen-bond acceptors (Lipinski definition) is 7. The summed E-state index contributed by atoms with van der Waals surface area (Å²) in [6, 6.07) is 11.4. The third-order valence-corrected chi connectivity index (χ3v) is 5.37. The molecule has 0 atom stereocenters. The molecule has 0 spiro atoms. The predicted molar refractivity (Wildman–Crippen MR) is 114 cm³/mol. The molecule has 2 heterocycles. The molecule has 0 saturated carbocycles. The van der Waals surface area contributed by atoms with E-state index in [1.54, 1.807) is 12.1 Å². The molecule has 1 aliphatic rings. The normalized spacial score (nSPS) is 14.4. The maximum absolute atomic E-state index is 12.8. The number of halogens is 1. The van der Waals surface area contributed by atoms with Crippen LogP contribution in [-0.4, -0.2) is 64.4 Å². The van der Waals surface area contributed by atoms with E-state index in [1.807, 2.05) is 12.1 Å². The van der Waals surface area contributed by atoms with Gasteiger partial charge in [0, 0.05) is 32.2 Å². The van der Waals surface area contributed by atoms with Gasteiger partial charge < -0.3 is 14.8 Å². The zero-order valence-electron chi connectivity index (χ0n) is 17.1. The number of methoxy groups -OCH3 is 1. The Morgan fingerprint density at radius 1 is 1.23 bits per heavy atom. The Morgan fingerprint density at radius 3 is 2.77 bits per heavy atom. The number of amides is 1. The van der Waals surface area contributed by atoms with Crippen molar-refractivity contribution in [3.05, 3.63) is 64.4 Å². The van der Waals surface area contributed by atoms with Crippen LogP contribution in [-0.2, 0) is 17.8 Å². The summed E-state index contributed by atoms with van der Waals surface area (Å²) in [5, 5.41) is 14.3. The fraction of sp³-hybridized carbons (Fsp3) is 0.333. The van der Waals surface area contributed by atoms with Crippen LogP contribution in [0.2, 0.25) is 5.02 Å². The molecular weight excluding hydrogens is 420 g/mol. The van der Waals surface area contributed by atoms with Crippen LogP contribution >= 0.6 is 11.6 Å². The molecule has 162 valence electrons. The minimum Gasteiger partial charge on any atom is -0.496 e. The Bertz CT molecular complexity index is 1040. The molecule has 10 heteroatoms. The molecule has 0 bridgehead atoms. The van der Waals surface area contributed by atoms with Gasteiger partial charge in [-0.05, 0) is 27.6 Å². The molecule has 1 amide bonds. The Labute approximate surface area is 184 Å². The van der Waals surface area contributed by atoms with Crippen molar-refractivity contribution in [2.24, 2.45) is 0 Å². The summed E-state index contributed by atoms with van der Waals surface area (Å²) in [6.45, 7) is 4.67. The van der Waals surface area contributed by atoms with Crippen molar-refractivity contribution in [1.82, 2.24) is 30.4 Å². The number of nitrogens with zero attached hydrogens (tertiary/aromatic N) is 5. The quantitative estimate of drug-likeness (QED) is 0.598. The molecular formula is C21H23ClN6O3. The minimum atomic E-state index is -0.277. The third kappa shape index (κ3) is 5.19. The van der Waals surface area contributed by atoms with E-state index in [2.05, 4.69) is 37.9 Å². The minimum absolute atomic E-state index is 0.277. The van der Waals surface area contributed by atoms with E-state index in [1.165, 1.54) is 23.7 Å². The number of aromatic nitrogens is 4. The van der Waals surface area contributed by atoms with Crippen LogP contribution in [0, 0.1) is 0 Å². The Balaban J connectivity index is 1.44. The molecule has 1 fully saturated rings. The first-order valence-electron chi connectivity index (χ1n) is 9.91. The first kappa shape index (κ1) is 21.2. The number of nitrogens with one attached hydrogen (secondary N) is 1. The Hall–Kier alpha value is -3.01. The molecule has 1 N–H and O–H groups in total. The first-order chi connectivity index (χ1) is 15.1. The van der Waals surface area contributed by atoms with Crippen molar-refractivity contribution < 1.29 is 14.3 Å². The van der Waals surface area contributed by atoms with E-state index < -0.39 is 0 Å². The SMILES string of the molecule is COc1cc(-n2cnnn2)c(Cl)cc1C(=O)NCc1cccc(CN2CCOCC2)c1. The average molecular weight is 443 g/mol. The van der Waals surface area contributed by atoms with E-state index in [4.69, 9.17) is 21.1 Å². The third-order valence-electron chi connectivity index (χ3n) is 5.06. The second-order valence-electron chi connectivity index (χ2n) is 7.15. The van der Waals surface area contributed by atoms with Crippen molar-refractivity contribution in [2.75, 3.05) is 33.4 Å². The average Bonchev–Trinajstić information content (AvgIpc) is 3.33. The van der Waals surface area contributed by atoms with Crippen LogP contribution in [0.3, 0.4) is 0 Å². The van der Waals surface area contributed by atoms with Gasteiger partial charge in [0.15, 0.2) is 0 Å². The Kier molecular flexibility index (Phi) is 6.76. The molecule has 0 aliphatic carbocycles. The molecule has 1 aliphatic heterocycles. The van der Waals surface area contributed by atoms with E-state index in [-0.39, 0.29) is 5.91 Å². The van der Waals surface area contributed by atoms with Crippen LogP contribution in [0.1, 0.15) is 21.5 Å². The maximum Gasteiger partial charge on any atom is 0.255 e. The van der Waals surface area contributed by atoms with Gasteiger partial charge in [-0.1, -0.05) is 35.9 Å². The van der Waals surface area contributed by atoms with Gasteiger partial charge >= 0.3 is 0 Å². The topological polar surface area (TPSA) is 94.4 Å². The van der Waals surface area contributed by atoms with Crippen LogP contribution in [0.5, 0.6) is 5.75 Å². The fourth-order valence-corrected chi connectivity index (χ4v) is 3.72. The molecule has 4 rings (SSSR count). The number of carbonyl (C=O) groups excluding carboxylic acids is 1. The summed E-state index contributed by atoms with van der Waals surface area (Å²) in [7, 11) is 1.50. The second-order valence-corrected chi connectivity index (χ2v) is 7.56. The van der Waals surface area contributed by atoms with Gasteiger partial charge in [-0.15, -0.1) is 5.10 Å². The van der Waals surface area contributed by atoms with Crippen LogP contribution < -0.4 is 10.1 Å². The van der Waals surface area contributed by atoms with Gasteiger partial charge in [0.25, 0.3) is 5.91 Å². The zero-order chi connectivity index (χ0) is 21.6. The highest BCUT2D eigenvalue weighted by atomic mass is 35.5. The van der Waals surface area contributed by atoms with E-state index in [9.17, 15) is 4.79 Å². The molecule has 1 aromatic heterocycles. The van der Waals surface area contributed by atoms with Gasteiger partial charge in [0.05, 0.1) is 36.6 Å². The summed E-state index contributed by atoms with van der Waals surface area (Å²) in [5.74, 6) is 0.106. The molecule has 31 heavy (non-hydrogen) atoms. The predicted octanol–water partition coefficient (Wildman–Crippen LogP) is 2.09. The van der Waals surface area contributed by atoms with Gasteiger partial charge in [0.1, 0.15) is 12.1 Å². The first-order valence-corrected chi connectivity index (χ1v) is 10.3. The molecule has 1 saturated heterocycles. The van der Waals surface area contributed by atoms with Crippen molar-refractivity contribution in [3.8, 4) is 11.4 Å². The highest BCUT2D eigenvalue weighted by molar-refractivity contribution is 6.33. The zero-order valence-corrected chi connectivity index (χ0v) is 17.9. The highest BCUT2D eigenvalue weighted by Gasteiger charge is 2.17. The largest absolute Gasteiger partial charge is 0.496 e. The number of ether oxygens (including phenoxy) is 2. The lowest BCUT2D eigenvalue weighted by Crippen LogP contribution is -2.35.